The monoisotopic (exact) mass is 144 g/mol. The Balaban J connectivity index is 3.26. The first kappa shape index (κ1) is 9.27. The van der Waals surface area contributed by atoms with E-state index in [0.717, 1.165) is 6.42 Å². The number of alkyl carbamates (subject to hydrolysis) is 1. The highest BCUT2D eigenvalue weighted by atomic mass is 16.6. The van der Waals surface area contributed by atoms with E-state index in [0.29, 0.717) is 0 Å². The summed E-state index contributed by atoms with van der Waals surface area (Å²) in [5.74, 6) is 0. The Morgan fingerprint density at radius 2 is 2.30 bits per heavy atom. The number of hydrogen-bond donors (Lipinski definition) is 1. The summed E-state index contributed by atoms with van der Waals surface area (Å²) in [4.78, 5) is 10.6. The van der Waals surface area contributed by atoms with Crippen LogP contribution in [-0.4, -0.2) is 12.2 Å². The molecule has 0 aromatic rings. The lowest BCUT2D eigenvalue weighted by atomic mass is 10.5. The van der Waals surface area contributed by atoms with Crippen molar-refractivity contribution in [1.29, 1.82) is 0 Å². The molecule has 0 rings (SSSR count). The van der Waals surface area contributed by atoms with Gasteiger partial charge in [-0.3, -0.25) is 0 Å². The van der Waals surface area contributed by atoms with Gasteiger partial charge < -0.3 is 10.1 Å². The van der Waals surface area contributed by atoms with Crippen LogP contribution in [0, 0.1) is 6.54 Å². The van der Waals surface area contributed by atoms with Crippen LogP contribution in [-0.2, 0) is 4.74 Å². The van der Waals surface area contributed by atoms with Crippen LogP contribution in [0.5, 0.6) is 0 Å². The van der Waals surface area contributed by atoms with Crippen molar-refractivity contribution in [2.24, 2.45) is 0 Å². The molecule has 0 aromatic carbocycles. The molecule has 3 nitrogen and oxygen atoms in total. The molecular weight excluding hydrogens is 130 g/mol. The van der Waals surface area contributed by atoms with Gasteiger partial charge in [-0.05, 0) is 20.3 Å². The fourth-order valence-electron chi connectivity index (χ4n) is 0.433. The Labute approximate surface area is 61.8 Å². The van der Waals surface area contributed by atoms with Crippen LogP contribution in [0.2, 0.25) is 0 Å². The van der Waals surface area contributed by atoms with Gasteiger partial charge in [0.2, 0.25) is 0 Å². The zero-order valence-electron chi connectivity index (χ0n) is 6.68. The average Bonchev–Trinajstić information content (AvgIpc) is 1.82. The van der Waals surface area contributed by atoms with Gasteiger partial charge in [-0.25, -0.2) is 4.79 Å². The number of hydrogen-bond acceptors (Lipinski definition) is 2. The molecule has 0 fully saturated rings. The van der Waals surface area contributed by atoms with Gasteiger partial charge in [-0.15, -0.1) is 0 Å². The van der Waals surface area contributed by atoms with Crippen LogP contribution in [0.3, 0.4) is 0 Å². The lowest BCUT2D eigenvalue weighted by molar-refractivity contribution is 0.117. The SMILES string of the molecule is CC[CH]NC(=O)OC(C)C. The van der Waals surface area contributed by atoms with Crippen LogP contribution in [0.4, 0.5) is 4.79 Å². The minimum absolute atomic E-state index is 0.0507. The topological polar surface area (TPSA) is 38.3 Å². The largest absolute Gasteiger partial charge is 0.447 e. The molecule has 0 aliphatic rings. The van der Waals surface area contributed by atoms with Crippen molar-refractivity contribution in [2.75, 3.05) is 0 Å². The van der Waals surface area contributed by atoms with Gasteiger partial charge in [0.1, 0.15) is 0 Å². The number of amides is 1. The van der Waals surface area contributed by atoms with E-state index in [1.54, 1.807) is 6.54 Å². The lowest BCUT2D eigenvalue weighted by Gasteiger charge is -2.07. The number of nitrogens with one attached hydrogen (secondary N) is 1. The Hall–Kier alpha value is -0.730. The first-order valence-electron chi connectivity index (χ1n) is 3.45. The molecule has 1 radical (unpaired) electrons. The molecule has 1 amide bonds. The maximum absolute atomic E-state index is 10.6. The molecule has 0 heterocycles. The van der Waals surface area contributed by atoms with Crippen molar-refractivity contribution in [3.8, 4) is 0 Å². The summed E-state index contributed by atoms with van der Waals surface area (Å²) < 4.78 is 4.77. The lowest BCUT2D eigenvalue weighted by Crippen LogP contribution is -2.24. The summed E-state index contributed by atoms with van der Waals surface area (Å²) in [7, 11) is 0. The molecule has 59 valence electrons. The molecule has 3 heteroatoms. The standard InChI is InChI=1S/C7H14NO2/c1-4-5-8-7(9)10-6(2)3/h5-6H,4H2,1-3H3,(H,8,9). The van der Waals surface area contributed by atoms with Crippen molar-refractivity contribution in [3.05, 3.63) is 6.54 Å². The van der Waals surface area contributed by atoms with Crippen LogP contribution in [0.1, 0.15) is 27.2 Å². The van der Waals surface area contributed by atoms with E-state index in [-0.39, 0.29) is 12.2 Å². The molecule has 0 spiro atoms. The molecule has 0 aliphatic carbocycles. The first-order chi connectivity index (χ1) is 4.66. The molecule has 0 saturated carbocycles. The Bertz CT molecular complexity index is 102. The maximum atomic E-state index is 10.6. The van der Waals surface area contributed by atoms with E-state index < -0.39 is 0 Å². The van der Waals surface area contributed by atoms with Crippen LogP contribution in [0.15, 0.2) is 0 Å². The van der Waals surface area contributed by atoms with E-state index in [2.05, 4.69) is 5.32 Å². The molecule has 10 heavy (non-hydrogen) atoms. The summed E-state index contributed by atoms with van der Waals surface area (Å²) in [5.41, 5.74) is 0. The van der Waals surface area contributed by atoms with Crippen LogP contribution in [0.25, 0.3) is 0 Å². The quantitative estimate of drug-likeness (QED) is 0.654. The summed E-state index contributed by atoms with van der Waals surface area (Å²) in [6, 6.07) is 0. The third-order valence-corrected chi connectivity index (χ3v) is 0.767. The van der Waals surface area contributed by atoms with Crippen molar-refractivity contribution < 1.29 is 9.53 Å². The summed E-state index contributed by atoms with van der Waals surface area (Å²) >= 11 is 0. The highest BCUT2D eigenvalue weighted by Gasteiger charge is 2.01. The molecule has 1 N–H and O–H groups in total. The van der Waals surface area contributed by atoms with E-state index in [1.165, 1.54) is 0 Å². The fraction of sp³-hybridized carbons (Fsp3) is 0.714. The maximum Gasteiger partial charge on any atom is 0.407 e. The van der Waals surface area contributed by atoms with E-state index in [9.17, 15) is 4.79 Å². The van der Waals surface area contributed by atoms with E-state index >= 15 is 0 Å². The van der Waals surface area contributed by atoms with Gasteiger partial charge in [0.05, 0.1) is 12.6 Å². The van der Waals surface area contributed by atoms with Crippen molar-refractivity contribution in [1.82, 2.24) is 5.32 Å². The Morgan fingerprint density at radius 3 is 2.70 bits per heavy atom. The van der Waals surface area contributed by atoms with E-state index in [4.69, 9.17) is 4.74 Å². The second-order valence-corrected chi connectivity index (χ2v) is 2.21. The second kappa shape index (κ2) is 5.09. The predicted octanol–water partition coefficient (Wildman–Crippen LogP) is 1.69. The van der Waals surface area contributed by atoms with Crippen molar-refractivity contribution in [3.63, 3.8) is 0 Å². The number of carbonyl (C=O) groups excluding carboxylic acids is 1. The molecule has 0 aliphatic heterocycles. The third-order valence-electron chi connectivity index (χ3n) is 0.767. The molecule has 0 bridgehead atoms. The Kier molecular flexibility index (Phi) is 4.72. The fourth-order valence-corrected chi connectivity index (χ4v) is 0.433. The van der Waals surface area contributed by atoms with Gasteiger partial charge in [-0.2, -0.15) is 0 Å². The minimum atomic E-state index is -0.378. The van der Waals surface area contributed by atoms with Gasteiger partial charge in [0.15, 0.2) is 0 Å². The van der Waals surface area contributed by atoms with E-state index in [1.807, 2.05) is 20.8 Å². The zero-order chi connectivity index (χ0) is 7.98. The van der Waals surface area contributed by atoms with Gasteiger partial charge in [0.25, 0.3) is 0 Å². The van der Waals surface area contributed by atoms with Crippen LogP contribution < -0.4 is 5.32 Å². The normalized spacial score (nSPS) is 9.60. The van der Waals surface area contributed by atoms with Crippen molar-refractivity contribution >= 4 is 6.09 Å². The number of ether oxygens (including phenoxy) is 1. The number of carbonyl (C=O) groups is 1. The molecule has 0 unspecified atom stereocenters. The average molecular weight is 144 g/mol. The Morgan fingerprint density at radius 1 is 1.70 bits per heavy atom. The minimum Gasteiger partial charge on any atom is -0.447 e. The van der Waals surface area contributed by atoms with Crippen molar-refractivity contribution in [2.45, 2.75) is 33.3 Å². The molecule has 0 atom stereocenters. The zero-order valence-corrected chi connectivity index (χ0v) is 6.68. The smallest absolute Gasteiger partial charge is 0.407 e. The molecule has 0 aromatic heterocycles. The number of rotatable bonds is 3. The summed E-state index contributed by atoms with van der Waals surface area (Å²) in [6.45, 7) is 7.22. The van der Waals surface area contributed by atoms with Gasteiger partial charge in [0, 0.05) is 0 Å². The van der Waals surface area contributed by atoms with Gasteiger partial charge >= 0.3 is 6.09 Å². The summed E-state index contributed by atoms with van der Waals surface area (Å²) in [6.07, 6.45) is 0.384. The summed E-state index contributed by atoms with van der Waals surface area (Å²) in [5, 5.41) is 2.48. The highest BCUT2D eigenvalue weighted by Crippen LogP contribution is 1.89. The van der Waals surface area contributed by atoms with Gasteiger partial charge in [-0.1, -0.05) is 6.92 Å². The predicted molar refractivity (Wildman–Crippen MR) is 39.3 cm³/mol. The second-order valence-electron chi connectivity index (χ2n) is 2.21. The highest BCUT2D eigenvalue weighted by molar-refractivity contribution is 5.67. The third kappa shape index (κ3) is 5.41. The molecular formula is C7H14NO2. The van der Waals surface area contributed by atoms with Crippen LogP contribution >= 0.6 is 0 Å². The molecule has 0 saturated heterocycles. The first-order valence-corrected chi connectivity index (χ1v) is 3.45.